The van der Waals surface area contributed by atoms with E-state index in [1.807, 2.05) is 31.2 Å². The molecule has 0 aromatic heterocycles. The van der Waals surface area contributed by atoms with E-state index in [1.54, 1.807) is 14.2 Å². The Kier molecular flexibility index (Phi) is 6.25. The summed E-state index contributed by atoms with van der Waals surface area (Å²) < 4.78 is 11.0. The fourth-order valence-electron chi connectivity index (χ4n) is 4.21. The Balaban J connectivity index is 1.90. The van der Waals surface area contributed by atoms with E-state index in [0.717, 1.165) is 36.6 Å². The normalized spacial score (nSPS) is 19.5. The van der Waals surface area contributed by atoms with Gasteiger partial charge in [0.15, 0.2) is 11.5 Å². The van der Waals surface area contributed by atoms with Gasteiger partial charge in [0.2, 0.25) is 0 Å². The monoisotopic (exact) mass is 383 g/mol. The highest BCUT2D eigenvalue weighted by molar-refractivity contribution is 5.94. The van der Waals surface area contributed by atoms with Crippen LogP contribution in [0.5, 0.6) is 11.5 Å². The van der Waals surface area contributed by atoms with Crippen molar-refractivity contribution in [2.24, 2.45) is 0 Å². The molecule has 0 radical (unpaired) electrons. The number of aryl methyl sites for hydroxylation is 1. The molecule has 1 unspecified atom stereocenters. The van der Waals surface area contributed by atoms with Crippen LogP contribution in [0.2, 0.25) is 0 Å². The molecule has 1 aliphatic heterocycles. The molecule has 2 aromatic rings. The highest BCUT2D eigenvalue weighted by Gasteiger charge is 2.36. The number of hydrogen-bond donors (Lipinski definition) is 2. The lowest BCUT2D eigenvalue weighted by Gasteiger charge is -2.37. The van der Waals surface area contributed by atoms with Crippen LogP contribution in [0.4, 0.5) is 0 Å². The number of nitrogens with one attached hydrogen (secondary N) is 2. The molecule has 3 rings (SSSR count). The largest absolute Gasteiger partial charge is 0.493 e. The van der Waals surface area contributed by atoms with Crippen molar-refractivity contribution in [2.75, 3.05) is 27.3 Å². The summed E-state index contributed by atoms with van der Waals surface area (Å²) in [5.41, 5.74) is 4.35. The number of fused-ring (bicyclic) bond motifs is 1. The van der Waals surface area contributed by atoms with E-state index in [0.29, 0.717) is 5.56 Å². The van der Waals surface area contributed by atoms with Crippen LogP contribution >= 0.6 is 0 Å². The fourth-order valence-corrected chi connectivity index (χ4v) is 4.21. The summed E-state index contributed by atoms with van der Waals surface area (Å²) >= 11 is 0. The van der Waals surface area contributed by atoms with Gasteiger partial charge < -0.3 is 19.7 Å². The zero-order valence-electron chi connectivity index (χ0n) is 17.5. The van der Waals surface area contributed by atoms with Gasteiger partial charge in [-0.1, -0.05) is 17.7 Å². The van der Waals surface area contributed by atoms with E-state index in [2.05, 4.69) is 31.3 Å². The Morgan fingerprint density at radius 2 is 1.82 bits per heavy atom. The first-order valence-corrected chi connectivity index (χ1v) is 9.95. The molecule has 150 valence electrons. The van der Waals surface area contributed by atoms with Crippen molar-refractivity contribution in [1.82, 2.24) is 5.32 Å². The molecule has 2 aromatic carbocycles. The summed E-state index contributed by atoms with van der Waals surface area (Å²) in [5.74, 6) is 1.47. The molecule has 0 aliphatic carbocycles. The zero-order chi connectivity index (χ0) is 20.3. The van der Waals surface area contributed by atoms with Gasteiger partial charge in [0.25, 0.3) is 5.91 Å². The van der Waals surface area contributed by atoms with Crippen molar-refractivity contribution in [3.8, 4) is 11.5 Å². The van der Waals surface area contributed by atoms with E-state index < -0.39 is 0 Å². The number of rotatable bonds is 6. The van der Waals surface area contributed by atoms with Gasteiger partial charge in [0, 0.05) is 17.5 Å². The lowest BCUT2D eigenvalue weighted by molar-refractivity contribution is -0.933. The average molecular weight is 384 g/mol. The number of likely N-dealkylation sites (N-methyl/N-ethyl adjacent to an activating group) is 1. The van der Waals surface area contributed by atoms with Crippen LogP contribution in [-0.2, 0) is 6.42 Å². The van der Waals surface area contributed by atoms with Crippen LogP contribution in [0.15, 0.2) is 36.4 Å². The molecule has 28 heavy (non-hydrogen) atoms. The van der Waals surface area contributed by atoms with Crippen LogP contribution in [0.25, 0.3) is 0 Å². The number of methoxy groups -OCH3 is 2. The summed E-state index contributed by atoms with van der Waals surface area (Å²) in [6, 6.07) is 12.0. The van der Waals surface area contributed by atoms with Crippen molar-refractivity contribution >= 4 is 5.91 Å². The Hall–Kier alpha value is -2.53. The Morgan fingerprint density at radius 3 is 2.43 bits per heavy atom. The Morgan fingerprint density at radius 1 is 1.18 bits per heavy atom. The standard InChI is InChI=1S/C23H30N2O3/c1-6-25-12-11-18-13-20(27-4)21(28-5)14-19(18)22(25)16(3)24-23(26)17-9-7-15(2)8-10-17/h7-10,13-14,16,22H,6,11-12H2,1-5H3,(H,24,26)/p+1/t16-,22-/m1/s1. The zero-order valence-corrected chi connectivity index (χ0v) is 17.5. The van der Waals surface area contributed by atoms with Crippen LogP contribution in [0, 0.1) is 6.92 Å². The predicted molar refractivity (Wildman–Crippen MR) is 110 cm³/mol. The molecule has 0 fully saturated rings. The molecule has 1 amide bonds. The first-order chi connectivity index (χ1) is 13.5. The summed E-state index contributed by atoms with van der Waals surface area (Å²) in [4.78, 5) is 14.2. The minimum atomic E-state index is -0.0319. The van der Waals surface area contributed by atoms with Crippen molar-refractivity contribution in [1.29, 1.82) is 0 Å². The fraction of sp³-hybridized carbons (Fsp3) is 0.435. The lowest BCUT2D eigenvalue weighted by atomic mass is 9.88. The Bertz CT molecular complexity index is 832. The quantitative estimate of drug-likeness (QED) is 0.805. The third kappa shape index (κ3) is 3.99. The number of ether oxygens (including phenoxy) is 2. The van der Waals surface area contributed by atoms with Gasteiger partial charge >= 0.3 is 0 Å². The summed E-state index contributed by atoms with van der Waals surface area (Å²) in [7, 11) is 3.33. The number of quaternary nitrogens is 1. The maximum Gasteiger partial charge on any atom is 0.251 e. The van der Waals surface area contributed by atoms with Gasteiger partial charge in [-0.05, 0) is 50.6 Å². The van der Waals surface area contributed by atoms with Crippen LogP contribution in [0.1, 0.15) is 46.9 Å². The molecule has 5 nitrogen and oxygen atoms in total. The van der Waals surface area contributed by atoms with Gasteiger partial charge in [-0.25, -0.2) is 0 Å². The smallest absolute Gasteiger partial charge is 0.251 e. The average Bonchev–Trinajstić information content (AvgIpc) is 2.71. The van der Waals surface area contributed by atoms with E-state index in [1.165, 1.54) is 16.0 Å². The maximum atomic E-state index is 12.8. The maximum absolute atomic E-state index is 12.8. The third-order valence-corrected chi connectivity index (χ3v) is 5.76. The summed E-state index contributed by atoms with van der Waals surface area (Å²) in [5, 5.41) is 3.22. The van der Waals surface area contributed by atoms with Gasteiger partial charge in [-0.2, -0.15) is 0 Å². The first-order valence-electron chi connectivity index (χ1n) is 9.95. The molecule has 2 N–H and O–H groups in total. The molecule has 0 spiro atoms. The molecule has 3 atom stereocenters. The second-order valence-corrected chi connectivity index (χ2v) is 7.52. The van der Waals surface area contributed by atoms with Crippen molar-refractivity contribution in [3.05, 3.63) is 58.7 Å². The highest BCUT2D eigenvalue weighted by Crippen LogP contribution is 2.35. The van der Waals surface area contributed by atoms with Crippen LogP contribution < -0.4 is 19.7 Å². The van der Waals surface area contributed by atoms with Crippen LogP contribution in [-0.4, -0.2) is 39.3 Å². The first kappa shape index (κ1) is 20.2. The van der Waals surface area contributed by atoms with Gasteiger partial charge in [0.05, 0.1) is 33.4 Å². The molecule has 5 heteroatoms. The van der Waals surface area contributed by atoms with Crippen LogP contribution in [0.3, 0.4) is 0 Å². The molecule has 0 bridgehead atoms. The van der Waals surface area contributed by atoms with Crippen molar-refractivity contribution in [3.63, 3.8) is 0 Å². The van der Waals surface area contributed by atoms with E-state index in [9.17, 15) is 4.79 Å². The van der Waals surface area contributed by atoms with Crippen molar-refractivity contribution in [2.45, 2.75) is 39.3 Å². The molecular weight excluding hydrogens is 352 g/mol. The highest BCUT2D eigenvalue weighted by atomic mass is 16.5. The minimum Gasteiger partial charge on any atom is -0.493 e. The molecule has 1 aliphatic rings. The van der Waals surface area contributed by atoms with E-state index in [-0.39, 0.29) is 18.0 Å². The molecular formula is C23H31N2O3+. The summed E-state index contributed by atoms with van der Waals surface area (Å²) in [6.07, 6.45) is 0.994. The number of carbonyl (C=O) groups is 1. The number of carbonyl (C=O) groups excluding carboxylic acids is 1. The van der Waals surface area contributed by atoms with Gasteiger partial charge in [0.1, 0.15) is 6.04 Å². The number of hydrogen-bond acceptors (Lipinski definition) is 3. The SMILES string of the molecule is CC[NH+]1CCc2cc(OC)c(OC)cc2[C@H]1[C@@H](C)NC(=O)c1ccc(C)cc1. The van der Waals surface area contributed by atoms with Gasteiger partial charge in [-0.3, -0.25) is 4.79 Å². The Labute approximate surface area is 167 Å². The topological polar surface area (TPSA) is 52.0 Å². The van der Waals surface area contributed by atoms with Crippen molar-refractivity contribution < 1.29 is 19.2 Å². The minimum absolute atomic E-state index is 0.0131. The third-order valence-electron chi connectivity index (χ3n) is 5.76. The van der Waals surface area contributed by atoms with E-state index >= 15 is 0 Å². The molecule has 0 saturated heterocycles. The molecule has 1 heterocycles. The van der Waals surface area contributed by atoms with E-state index in [4.69, 9.17) is 9.47 Å². The second-order valence-electron chi connectivity index (χ2n) is 7.52. The number of benzene rings is 2. The lowest BCUT2D eigenvalue weighted by Crippen LogP contribution is -3.14. The van der Waals surface area contributed by atoms with Gasteiger partial charge in [-0.15, -0.1) is 0 Å². The molecule has 0 saturated carbocycles. The number of amides is 1. The second kappa shape index (κ2) is 8.65. The predicted octanol–water partition coefficient (Wildman–Crippen LogP) is 2.33. The summed E-state index contributed by atoms with van der Waals surface area (Å²) in [6.45, 7) is 8.35.